The summed E-state index contributed by atoms with van der Waals surface area (Å²) < 4.78 is 12.7. The second kappa shape index (κ2) is 7.19. The summed E-state index contributed by atoms with van der Waals surface area (Å²) in [6.45, 7) is 5.21. The fourth-order valence-corrected chi connectivity index (χ4v) is 3.06. The average Bonchev–Trinajstić information content (AvgIpc) is 2.94. The van der Waals surface area contributed by atoms with Gasteiger partial charge >= 0.3 is 0 Å². The SMILES string of the molecule is CCN1CCOCC1C(=O)NCc1nc2cc(OC)ccc2n1C. The molecular formula is C17H24N4O3. The maximum absolute atomic E-state index is 12.5. The van der Waals surface area contributed by atoms with Crippen molar-refractivity contribution < 1.29 is 14.3 Å². The van der Waals surface area contributed by atoms with E-state index in [1.165, 1.54) is 0 Å². The number of imidazole rings is 1. The Labute approximate surface area is 141 Å². The minimum atomic E-state index is -0.224. The van der Waals surface area contributed by atoms with Gasteiger partial charge in [-0.1, -0.05) is 6.92 Å². The van der Waals surface area contributed by atoms with Crippen LogP contribution in [0.2, 0.25) is 0 Å². The van der Waals surface area contributed by atoms with E-state index in [0.29, 0.717) is 19.8 Å². The van der Waals surface area contributed by atoms with Crippen LogP contribution in [0.15, 0.2) is 18.2 Å². The Morgan fingerprint density at radius 1 is 1.50 bits per heavy atom. The zero-order valence-electron chi connectivity index (χ0n) is 14.4. The highest BCUT2D eigenvalue weighted by molar-refractivity contribution is 5.82. The van der Waals surface area contributed by atoms with E-state index in [1.54, 1.807) is 7.11 Å². The van der Waals surface area contributed by atoms with Crippen LogP contribution in [-0.4, -0.2) is 59.8 Å². The van der Waals surface area contributed by atoms with Crippen LogP contribution in [0.3, 0.4) is 0 Å². The number of methoxy groups -OCH3 is 1. The number of carbonyl (C=O) groups is 1. The van der Waals surface area contributed by atoms with Crippen molar-refractivity contribution in [1.82, 2.24) is 19.8 Å². The molecule has 130 valence electrons. The van der Waals surface area contributed by atoms with Gasteiger partial charge in [0.2, 0.25) is 5.91 Å². The van der Waals surface area contributed by atoms with Crippen molar-refractivity contribution in [1.29, 1.82) is 0 Å². The molecule has 1 aliphatic heterocycles. The number of amides is 1. The summed E-state index contributed by atoms with van der Waals surface area (Å²) in [5.74, 6) is 1.57. The quantitative estimate of drug-likeness (QED) is 0.882. The molecule has 1 saturated heterocycles. The number of aromatic nitrogens is 2. The predicted molar refractivity (Wildman–Crippen MR) is 91.0 cm³/mol. The third kappa shape index (κ3) is 3.22. The molecule has 2 aromatic rings. The van der Waals surface area contributed by atoms with Gasteiger partial charge in [-0.05, 0) is 18.7 Å². The van der Waals surface area contributed by atoms with Crippen molar-refractivity contribution in [3.63, 3.8) is 0 Å². The zero-order valence-corrected chi connectivity index (χ0v) is 14.4. The van der Waals surface area contributed by atoms with Gasteiger partial charge < -0.3 is 19.4 Å². The number of benzene rings is 1. The number of nitrogens with one attached hydrogen (secondary N) is 1. The first kappa shape index (κ1) is 16.7. The maximum atomic E-state index is 12.5. The van der Waals surface area contributed by atoms with E-state index in [1.807, 2.05) is 29.8 Å². The first-order chi connectivity index (χ1) is 11.6. The molecule has 0 bridgehead atoms. The number of rotatable bonds is 5. The van der Waals surface area contributed by atoms with Crippen LogP contribution in [-0.2, 0) is 23.1 Å². The molecule has 7 nitrogen and oxygen atoms in total. The standard InChI is InChI=1S/C17H24N4O3/c1-4-21-7-8-24-11-15(21)17(22)18-10-16-19-13-9-12(23-3)5-6-14(13)20(16)2/h5-6,9,15H,4,7-8,10-11H2,1-3H3,(H,18,22). The van der Waals surface area contributed by atoms with E-state index in [9.17, 15) is 4.79 Å². The summed E-state index contributed by atoms with van der Waals surface area (Å²) in [6.07, 6.45) is 0. The highest BCUT2D eigenvalue weighted by atomic mass is 16.5. The molecule has 7 heteroatoms. The number of aryl methyl sites for hydroxylation is 1. The van der Waals surface area contributed by atoms with Crippen molar-refractivity contribution in [3.8, 4) is 5.75 Å². The van der Waals surface area contributed by atoms with Crippen LogP contribution in [0.1, 0.15) is 12.7 Å². The van der Waals surface area contributed by atoms with Crippen LogP contribution in [0, 0.1) is 0 Å². The van der Waals surface area contributed by atoms with Gasteiger partial charge in [-0.3, -0.25) is 9.69 Å². The van der Waals surface area contributed by atoms with Gasteiger partial charge in [0.15, 0.2) is 0 Å². The lowest BCUT2D eigenvalue weighted by atomic mass is 10.2. The lowest BCUT2D eigenvalue weighted by Gasteiger charge is -2.33. The Kier molecular flexibility index (Phi) is 5.01. The van der Waals surface area contributed by atoms with E-state index in [-0.39, 0.29) is 11.9 Å². The summed E-state index contributed by atoms with van der Waals surface area (Å²) in [7, 11) is 3.59. The number of fused-ring (bicyclic) bond motifs is 1. The predicted octanol–water partition coefficient (Wildman–Crippen LogP) is 0.919. The molecular weight excluding hydrogens is 308 g/mol. The molecule has 0 aliphatic carbocycles. The molecule has 1 atom stereocenters. The topological polar surface area (TPSA) is 68.6 Å². The summed E-state index contributed by atoms with van der Waals surface area (Å²) in [6, 6.07) is 5.55. The minimum Gasteiger partial charge on any atom is -0.497 e. The van der Waals surface area contributed by atoms with Crippen LogP contribution >= 0.6 is 0 Å². The van der Waals surface area contributed by atoms with Crippen molar-refractivity contribution >= 4 is 16.9 Å². The number of ether oxygens (including phenoxy) is 2. The molecule has 1 aliphatic rings. The van der Waals surface area contributed by atoms with Crippen molar-refractivity contribution in [2.45, 2.75) is 19.5 Å². The summed E-state index contributed by atoms with van der Waals surface area (Å²) >= 11 is 0. The Hall–Kier alpha value is -2.12. The van der Waals surface area contributed by atoms with Gasteiger partial charge in [0.05, 0.1) is 37.9 Å². The van der Waals surface area contributed by atoms with E-state index < -0.39 is 0 Å². The monoisotopic (exact) mass is 332 g/mol. The highest BCUT2D eigenvalue weighted by Gasteiger charge is 2.28. The molecule has 1 fully saturated rings. The molecule has 0 saturated carbocycles. The molecule has 0 spiro atoms. The fourth-order valence-electron chi connectivity index (χ4n) is 3.06. The lowest BCUT2D eigenvalue weighted by molar-refractivity contribution is -0.132. The number of carbonyl (C=O) groups excluding carboxylic acids is 1. The van der Waals surface area contributed by atoms with Crippen molar-refractivity contribution in [2.75, 3.05) is 33.4 Å². The molecule has 0 radical (unpaired) electrons. The number of likely N-dealkylation sites (N-methyl/N-ethyl adjacent to an activating group) is 1. The van der Waals surface area contributed by atoms with Gasteiger partial charge in [0.1, 0.15) is 17.6 Å². The van der Waals surface area contributed by atoms with E-state index in [0.717, 1.165) is 35.7 Å². The highest BCUT2D eigenvalue weighted by Crippen LogP contribution is 2.20. The molecule has 1 N–H and O–H groups in total. The third-order valence-electron chi connectivity index (χ3n) is 4.55. The van der Waals surface area contributed by atoms with Crippen LogP contribution in [0.25, 0.3) is 11.0 Å². The normalized spacial score (nSPS) is 18.7. The van der Waals surface area contributed by atoms with Gasteiger partial charge in [-0.2, -0.15) is 0 Å². The molecule has 1 amide bonds. The van der Waals surface area contributed by atoms with E-state index in [2.05, 4.69) is 22.1 Å². The molecule has 24 heavy (non-hydrogen) atoms. The van der Waals surface area contributed by atoms with Gasteiger partial charge in [-0.15, -0.1) is 0 Å². The van der Waals surface area contributed by atoms with Gasteiger partial charge in [0.25, 0.3) is 0 Å². The van der Waals surface area contributed by atoms with Crippen LogP contribution in [0.4, 0.5) is 0 Å². The Morgan fingerprint density at radius 2 is 2.33 bits per heavy atom. The van der Waals surface area contributed by atoms with E-state index in [4.69, 9.17) is 9.47 Å². The zero-order chi connectivity index (χ0) is 17.1. The Bertz CT molecular complexity index is 728. The summed E-state index contributed by atoms with van der Waals surface area (Å²) in [4.78, 5) is 19.2. The van der Waals surface area contributed by atoms with Crippen molar-refractivity contribution in [3.05, 3.63) is 24.0 Å². The van der Waals surface area contributed by atoms with Gasteiger partial charge in [0, 0.05) is 19.7 Å². The lowest BCUT2D eigenvalue weighted by Crippen LogP contribution is -2.53. The average molecular weight is 332 g/mol. The van der Waals surface area contributed by atoms with Crippen LogP contribution in [0.5, 0.6) is 5.75 Å². The number of hydrogen-bond donors (Lipinski definition) is 1. The molecule has 1 unspecified atom stereocenters. The maximum Gasteiger partial charge on any atom is 0.240 e. The summed E-state index contributed by atoms with van der Waals surface area (Å²) in [5, 5.41) is 2.99. The molecule has 1 aromatic heterocycles. The molecule has 3 rings (SSSR count). The first-order valence-corrected chi connectivity index (χ1v) is 8.23. The summed E-state index contributed by atoms with van der Waals surface area (Å²) in [5.41, 5.74) is 1.87. The van der Waals surface area contributed by atoms with Crippen molar-refractivity contribution in [2.24, 2.45) is 7.05 Å². The van der Waals surface area contributed by atoms with Gasteiger partial charge in [-0.25, -0.2) is 4.98 Å². The first-order valence-electron chi connectivity index (χ1n) is 8.23. The third-order valence-corrected chi connectivity index (χ3v) is 4.55. The van der Waals surface area contributed by atoms with Crippen LogP contribution < -0.4 is 10.1 Å². The van der Waals surface area contributed by atoms with E-state index >= 15 is 0 Å². The second-order valence-corrected chi connectivity index (χ2v) is 5.88. The largest absolute Gasteiger partial charge is 0.497 e. The molecule has 1 aromatic carbocycles. The Morgan fingerprint density at radius 3 is 3.08 bits per heavy atom. The molecule has 2 heterocycles. The minimum absolute atomic E-state index is 0.0128. The Balaban J connectivity index is 1.70. The fraction of sp³-hybridized carbons (Fsp3) is 0.529. The smallest absolute Gasteiger partial charge is 0.240 e. The second-order valence-electron chi connectivity index (χ2n) is 5.88. The number of hydrogen-bond acceptors (Lipinski definition) is 5. The number of nitrogens with zero attached hydrogens (tertiary/aromatic N) is 3. The number of morpholine rings is 1.